The van der Waals surface area contributed by atoms with Gasteiger partial charge >= 0.3 is 0 Å². The van der Waals surface area contributed by atoms with Gasteiger partial charge in [0.05, 0.1) is 6.61 Å². The molecule has 1 heterocycles. The minimum atomic E-state index is 0.640. The number of ether oxygens (including phenoxy) is 1. The van der Waals surface area contributed by atoms with E-state index in [1.807, 2.05) is 0 Å². The maximum Gasteiger partial charge on any atom is 0.0510 e. The fourth-order valence-electron chi connectivity index (χ4n) is 2.81. The Morgan fingerprint density at radius 3 is 2.83 bits per heavy atom. The second-order valence-electron chi connectivity index (χ2n) is 5.17. The predicted molar refractivity (Wildman–Crippen MR) is 75.8 cm³/mol. The van der Waals surface area contributed by atoms with Crippen molar-refractivity contribution in [3.8, 4) is 0 Å². The van der Waals surface area contributed by atoms with Crippen molar-refractivity contribution in [2.75, 3.05) is 19.8 Å². The Morgan fingerprint density at radius 2 is 2.17 bits per heavy atom. The van der Waals surface area contributed by atoms with E-state index in [4.69, 9.17) is 4.74 Å². The van der Waals surface area contributed by atoms with Crippen LogP contribution in [0.1, 0.15) is 31.7 Å². The Hall–Kier alpha value is -0.860. The van der Waals surface area contributed by atoms with Crippen LogP contribution in [0.25, 0.3) is 0 Å². The van der Waals surface area contributed by atoms with Gasteiger partial charge in [0, 0.05) is 12.6 Å². The third-order valence-corrected chi connectivity index (χ3v) is 3.82. The molecule has 2 heteroatoms. The van der Waals surface area contributed by atoms with E-state index < -0.39 is 0 Å². The molecule has 1 aromatic carbocycles. The first-order chi connectivity index (χ1) is 8.90. The lowest BCUT2D eigenvalue weighted by Crippen LogP contribution is -2.36. The van der Waals surface area contributed by atoms with E-state index in [0.29, 0.717) is 6.04 Å². The molecule has 0 spiro atoms. The quantitative estimate of drug-likeness (QED) is 0.799. The smallest absolute Gasteiger partial charge is 0.0510 e. The van der Waals surface area contributed by atoms with E-state index in [0.717, 1.165) is 25.7 Å². The van der Waals surface area contributed by atoms with E-state index in [-0.39, 0.29) is 0 Å². The molecule has 2 unspecified atom stereocenters. The van der Waals surface area contributed by atoms with Crippen molar-refractivity contribution >= 4 is 0 Å². The van der Waals surface area contributed by atoms with Crippen molar-refractivity contribution in [3.05, 3.63) is 35.9 Å². The summed E-state index contributed by atoms with van der Waals surface area (Å²) < 4.78 is 5.51. The van der Waals surface area contributed by atoms with Gasteiger partial charge in [0.2, 0.25) is 0 Å². The van der Waals surface area contributed by atoms with Crippen molar-refractivity contribution in [1.29, 1.82) is 0 Å². The summed E-state index contributed by atoms with van der Waals surface area (Å²) in [5.74, 6) is 0.723. The van der Waals surface area contributed by atoms with E-state index in [2.05, 4.69) is 42.6 Å². The van der Waals surface area contributed by atoms with Gasteiger partial charge in [0.15, 0.2) is 0 Å². The van der Waals surface area contributed by atoms with Crippen LogP contribution in [0.15, 0.2) is 30.3 Å². The highest BCUT2D eigenvalue weighted by atomic mass is 16.5. The van der Waals surface area contributed by atoms with E-state index in [1.165, 1.54) is 31.2 Å². The van der Waals surface area contributed by atoms with Crippen LogP contribution < -0.4 is 5.32 Å². The topological polar surface area (TPSA) is 21.3 Å². The van der Waals surface area contributed by atoms with Crippen molar-refractivity contribution in [1.82, 2.24) is 5.32 Å². The van der Waals surface area contributed by atoms with Gasteiger partial charge in [-0.1, -0.05) is 37.3 Å². The molecule has 100 valence electrons. The summed E-state index contributed by atoms with van der Waals surface area (Å²) in [6.45, 7) is 5.15. The highest BCUT2D eigenvalue weighted by Crippen LogP contribution is 2.20. The zero-order valence-corrected chi connectivity index (χ0v) is 11.4. The van der Waals surface area contributed by atoms with Gasteiger partial charge < -0.3 is 10.1 Å². The summed E-state index contributed by atoms with van der Waals surface area (Å²) in [6.07, 6.45) is 4.94. The van der Waals surface area contributed by atoms with E-state index in [9.17, 15) is 0 Å². The summed E-state index contributed by atoms with van der Waals surface area (Å²) in [7, 11) is 0. The number of hydrogen-bond donors (Lipinski definition) is 1. The van der Waals surface area contributed by atoms with E-state index >= 15 is 0 Å². The molecule has 0 bridgehead atoms. The molecule has 2 rings (SSSR count). The molecular weight excluding hydrogens is 222 g/mol. The lowest BCUT2D eigenvalue weighted by atomic mass is 9.93. The van der Waals surface area contributed by atoms with Crippen molar-refractivity contribution in [2.24, 2.45) is 5.92 Å². The number of aryl methyl sites for hydroxylation is 1. The van der Waals surface area contributed by atoms with Crippen LogP contribution in [0, 0.1) is 5.92 Å². The monoisotopic (exact) mass is 247 g/mol. The van der Waals surface area contributed by atoms with Gasteiger partial charge in [0.25, 0.3) is 0 Å². The Balaban J connectivity index is 1.75. The average molecular weight is 247 g/mol. The standard InChI is InChI=1S/C16H25NO/c1-2-17-16(15-11-12-18-13-15)10-6-9-14-7-4-3-5-8-14/h3-5,7-8,15-17H,2,6,9-13H2,1H3. The highest BCUT2D eigenvalue weighted by molar-refractivity contribution is 5.14. The first-order valence-corrected chi connectivity index (χ1v) is 7.25. The first-order valence-electron chi connectivity index (χ1n) is 7.25. The molecule has 0 amide bonds. The third kappa shape index (κ3) is 4.11. The second kappa shape index (κ2) is 7.55. The maximum absolute atomic E-state index is 5.51. The van der Waals surface area contributed by atoms with Crippen molar-refractivity contribution < 1.29 is 4.74 Å². The normalized spacial score (nSPS) is 21.1. The van der Waals surface area contributed by atoms with Crippen LogP contribution in [-0.2, 0) is 11.2 Å². The van der Waals surface area contributed by atoms with Gasteiger partial charge in [-0.25, -0.2) is 0 Å². The summed E-state index contributed by atoms with van der Waals surface area (Å²) in [4.78, 5) is 0. The van der Waals surface area contributed by atoms with Crippen LogP contribution in [0.2, 0.25) is 0 Å². The van der Waals surface area contributed by atoms with Crippen LogP contribution >= 0.6 is 0 Å². The molecule has 1 aliphatic rings. The number of benzene rings is 1. The molecule has 1 aromatic rings. The minimum absolute atomic E-state index is 0.640. The number of rotatable bonds is 7. The summed E-state index contributed by atoms with van der Waals surface area (Å²) in [5, 5.41) is 3.63. The average Bonchev–Trinajstić information content (AvgIpc) is 2.93. The lowest BCUT2D eigenvalue weighted by molar-refractivity contribution is 0.175. The predicted octanol–water partition coefficient (Wildman–Crippen LogP) is 3.02. The van der Waals surface area contributed by atoms with Gasteiger partial charge in [-0.3, -0.25) is 0 Å². The minimum Gasteiger partial charge on any atom is -0.381 e. The molecule has 2 atom stereocenters. The summed E-state index contributed by atoms with van der Waals surface area (Å²) in [5.41, 5.74) is 1.45. The molecule has 1 N–H and O–H groups in total. The molecule has 1 aliphatic heterocycles. The number of hydrogen-bond acceptors (Lipinski definition) is 2. The van der Waals surface area contributed by atoms with Gasteiger partial charge in [-0.15, -0.1) is 0 Å². The van der Waals surface area contributed by atoms with Gasteiger partial charge in [0.1, 0.15) is 0 Å². The second-order valence-corrected chi connectivity index (χ2v) is 5.17. The summed E-state index contributed by atoms with van der Waals surface area (Å²) >= 11 is 0. The van der Waals surface area contributed by atoms with Crippen LogP contribution in [0.5, 0.6) is 0 Å². The highest BCUT2D eigenvalue weighted by Gasteiger charge is 2.24. The van der Waals surface area contributed by atoms with E-state index in [1.54, 1.807) is 0 Å². The lowest BCUT2D eigenvalue weighted by Gasteiger charge is -2.23. The summed E-state index contributed by atoms with van der Waals surface area (Å²) in [6, 6.07) is 11.4. The SMILES string of the molecule is CCNC(CCCc1ccccc1)C1CCOC1. The zero-order chi connectivity index (χ0) is 12.6. The maximum atomic E-state index is 5.51. The van der Waals surface area contributed by atoms with Crippen molar-refractivity contribution in [2.45, 2.75) is 38.6 Å². The Labute approximate surface area is 111 Å². The molecule has 1 fully saturated rings. The largest absolute Gasteiger partial charge is 0.381 e. The van der Waals surface area contributed by atoms with Crippen LogP contribution in [-0.4, -0.2) is 25.8 Å². The molecule has 1 saturated heterocycles. The number of nitrogens with one attached hydrogen (secondary N) is 1. The zero-order valence-electron chi connectivity index (χ0n) is 11.4. The molecule has 0 saturated carbocycles. The van der Waals surface area contributed by atoms with Crippen LogP contribution in [0.3, 0.4) is 0 Å². The Kier molecular flexibility index (Phi) is 5.69. The molecule has 0 aromatic heterocycles. The molecule has 0 aliphatic carbocycles. The van der Waals surface area contributed by atoms with Crippen molar-refractivity contribution in [3.63, 3.8) is 0 Å². The fourth-order valence-corrected chi connectivity index (χ4v) is 2.81. The fraction of sp³-hybridized carbons (Fsp3) is 0.625. The molecule has 0 radical (unpaired) electrons. The van der Waals surface area contributed by atoms with Gasteiger partial charge in [-0.2, -0.15) is 0 Å². The Bertz CT molecular complexity index is 319. The molecule has 18 heavy (non-hydrogen) atoms. The third-order valence-electron chi connectivity index (χ3n) is 3.82. The Morgan fingerprint density at radius 1 is 1.33 bits per heavy atom. The molecule has 2 nitrogen and oxygen atoms in total. The first kappa shape index (κ1) is 13.6. The van der Waals surface area contributed by atoms with Crippen LogP contribution in [0.4, 0.5) is 0 Å². The van der Waals surface area contributed by atoms with Gasteiger partial charge in [-0.05, 0) is 43.7 Å². The molecular formula is C16H25NO.